The van der Waals surface area contributed by atoms with Crippen molar-refractivity contribution in [2.75, 3.05) is 19.6 Å². The standard InChI is InChI=1S/C18H25F3N2O3/c1-17(2,3)10-14(16(25)26)23-11-12(5-8-22-6-4-7-22)13(9-15(23)24)18(19,20)21/h9,11,14H,4-8,10H2,1-3H3,(H,25,26). The predicted octanol–water partition coefficient (Wildman–Crippen LogP) is 3.18. The van der Waals surface area contributed by atoms with Gasteiger partial charge >= 0.3 is 12.1 Å². The first-order valence-corrected chi connectivity index (χ1v) is 8.66. The van der Waals surface area contributed by atoms with Crippen molar-refractivity contribution in [1.29, 1.82) is 0 Å². The zero-order valence-electron chi connectivity index (χ0n) is 15.3. The van der Waals surface area contributed by atoms with Crippen molar-refractivity contribution < 1.29 is 23.1 Å². The Labute approximate surface area is 150 Å². The number of carbonyl (C=O) groups is 1. The highest BCUT2D eigenvalue weighted by Crippen LogP contribution is 2.33. The first-order chi connectivity index (χ1) is 11.9. The highest BCUT2D eigenvalue weighted by molar-refractivity contribution is 5.72. The molecular weight excluding hydrogens is 349 g/mol. The Hall–Kier alpha value is -1.83. The highest BCUT2D eigenvalue weighted by Gasteiger charge is 2.36. The van der Waals surface area contributed by atoms with E-state index in [1.807, 2.05) is 25.7 Å². The first kappa shape index (κ1) is 20.5. The number of halogens is 3. The number of alkyl halides is 3. The molecule has 1 aliphatic rings. The first-order valence-electron chi connectivity index (χ1n) is 8.66. The molecule has 8 heteroatoms. The molecule has 1 aromatic rings. The van der Waals surface area contributed by atoms with Crippen LogP contribution in [0.3, 0.4) is 0 Å². The highest BCUT2D eigenvalue weighted by atomic mass is 19.4. The topological polar surface area (TPSA) is 62.5 Å². The van der Waals surface area contributed by atoms with Crippen LogP contribution in [0.15, 0.2) is 17.1 Å². The van der Waals surface area contributed by atoms with Gasteiger partial charge in [0.25, 0.3) is 5.56 Å². The number of hydrogen-bond donors (Lipinski definition) is 1. The van der Waals surface area contributed by atoms with E-state index in [4.69, 9.17) is 0 Å². The molecule has 1 fully saturated rings. The van der Waals surface area contributed by atoms with Gasteiger partial charge in [-0.15, -0.1) is 0 Å². The van der Waals surface area contributed by atoms with Gasteiger partial charge in [-0.05, 0) is 43.3 Å². The molecule has 146 valence electrons. The summed E-state index contributed by atoms with van der Waals surface area (Å²) in [4.78, 5) is 25.9. The van der Waals surface area contributed by atoms with Gasteiger partial charge in [0, 0.05) is 18.8 Å². The number of carboxylic acid groups (broad SMARTS) is 1. The van der Waals surface area contributed by atoms with Crippen molar-refractivity contribution in [3.8, 4) is 0 Å². The minimum atomic E-state index is -4.65. The second-order valence-corrected chi connectivity index (χ2v) is 8.02. The molecular formula is C18H25F3N2O3. The summed E-state index contributed by atoms with van der Waals surface area (Å²) in [7, 11) is 0. The third-order valence-corrected chi connectivity index (χ3v) is 4.54. The lowest BCUT2D eigenvalue weighted by Crippen LogP contribution is -2.39. The predicted molar refractivity (Wildman–Crippen MR) is 91.2 cm³/mol. The Morgan fingerprint density at radius 2 is 1.88 bits per heavy atom. The van der Waals surface area contributed by atoms with Crippen molar-refractivity contribution in [2.24, 2.45) is 5.41 Å². The Morgan fingerprint density at radius 3 is 2.31 bits per heavy atom. The van der Waals surface area contributed by atoms with E-state index >= 15 is 0 Å². The molecule has 1 unspecified atom stereocenters. The number of pyridine rings is 1. The van der Waals surface area contributed by atoms with Crippen LogP contribution >= 0.6 is 0 Å². The number of nitrogens with zero attached hydrogens (tertiary/aromatic N) is 2. The molecule has 0 aromatic carbocycles. The summed E-state index contributed by atoms with van der Waals surface area (Å²) in [5, 5.41) is 9.51. The summed E-state index contributed by atoms with van der Waals surface area (Å²) < 4.78 is 40.9. The van der Waals surface area contributed by atoms with Crippen LogP contribution in [0, 0.1) is 5.41 Å². The van der Waals surface area contributed by atoms with Crippen molar-refractivity contribution in [2.45, 2.75) is 52.3 Å². The molecule has 1 atom stereocenters. The normalized spacial score (nSPS) is 17.0. The van der Waals surface area contributed by atoms with Gasteiger partial charge in [-0.2, -0.15) is 13.2 Å². The molecule has 0 bridgehead atoms. The lowest BCUT2D eigenvalue weighted by molar-refractivity contribution is -0.142. The molecule has 0 amide bonds. The molecule has 0 aliphatic carbocycles. The second kappa shape index (κ2) is 7.42. The zero-order chi connectivity index (χ0) is 19.7. The maximum atomic E-state index is 13.3. The summed E-state index contributed by atoms with van der Waals surface area (Å²) >= 11 is 0. The van der Waals surface area contributed by atoms with Crippen LogP contribution in [0.5, 0.6) is 0 Å². The van der Waals surface area contributed by atoms with Crippen LogP contribution in [0.1, 0.15) is 50.8 Å². The van der Waals surface area contributed by atoms with Crippen LogP contribution in [0.4, 0.5) is 13.2 Å². The fourth-order valence-electron chi connectivity index (χ4n) is 3.07. The van der Waals surface area contributed by atoms with Gasteiger partial charge in [0.05, 0.1) is 5.56 Å². The lowest BCUT2D eigenvalue weighted by Gasteiger charge is -2.31. The SMILES string of the molecule is CC(C)(C)CC(C(=O)O)n1cc(CCN2CCC2)c(C(F)(F)F)cc1=O. The molecule has 0 spiro atoms. The summed E-state index contributed by atoms with van der Waals surface area (Å²) in [5.74, 6) is -1.23. The van der Waals surface area contributed by atoms with Gasteiger partial charge in [0.2, 0.25) is 0 Å². The number of likely N-dealkylation sites (tertiary alicyclic amines) is 1. The third kappa shape index (κ3) is 5.09. The molecule has 5 nitrogen and oxygen atoms in total. The monoisotopic (exact) mass is 374 g/mol. The van der Waals surface area contributed by atoms with Crippen molar-refractivity contribution in [3.05, 3.63) is 33.7 Å². The van der Waals surface area contributed by atoms with Crippen LogP contribution in [0.2, 0.25) is 0 Å². The van der Waals surface area contributed by atoms with Gasteiger partial charge in [-0.3, -0.25) is 4.79 Å². The van der Waals surface area contributed by atoms with E-state index in [0.717, 1.165) is 30.3 Å². The zero-order valence-corrected chi connectivity index (χ0v) is 15.3. The summed E-state index contributed by atoms with van der Waals surface area (Å²) in [6.45, 7) is 7.62. The Morgan fingerprint density at radius 1 is 1.27 bits per heavy atom. The van der Waals surface area contributed by atoms with Gasteiger partial charge in [0.1, 0.15) is 6.04 Å². The number of aliphatic carboxylic acids is 1. The van der Waals surface area contributed by atoms with Gasteiger partial charge < -0.3 is 14.6 Å². The number of carboxylic acids is 1. The van der Waals surface area contributed by atoms with Crippen molar-refractivity contribution in [1.82, 2.24) is 9.47 Å². The van der Waals surface area contributed by atoms with Crippen LogP contribution in [0.25, 0.3) is 0 Å². The molecule has 1 saturated heterocycles. The molecule has 2 rings (SSSR count). The van der Waals surface area contributed by atoms with Crippen molar-refractivity contribution in [3.63, 3.8) is 0 Å². The van der Waals surface area contributed by atoms with Crippen LogP contribution < -0.4 is 5.56 Å². The molecule has 0 radical (unpaired) electrons. The Balaban J connectivity index is 2.44. The largest absolute Gasteiger partial charge is 0.480 e. The molecule has 26 heavy (non-hydrogen) atoms. The molecule has 0 saturated carbocycles. The average molecular weight is 374 g/mol. The van der Waals surface area contributed by atoms with E-state index in [9.17, 15) is 27.9 Å². The lowest BCUT2D eigenvalue weighted by atomic mass is 9.88. The van der Waals surface area contributed by atoms with Gasteiger partial charge in [-0.1, -0.05) is 20.8 Å². The molecule has 1 aliphatic heterocycles. The number of rotatable bonds is 6. The average Bonchev–Trinajstić information content (AvgIpc) is 2.42. The smallest absolute Gasteiger partial charge is 0.416 e. The maximum absolute atomic E-state index is 13.3. The van der Waals surface area contributed by atoms with Crippen molar-refractivity contribution >= 4 is 5.97 Å². The van der Waals surface area contributed by atoms with E-state index in [1.165, 1.54) is 0 Å². The minimum absolute atomic E-state index is 0.0378. The Bertz CT molecular complexity index is 716. The maximum Gasteiger partial charge on any atom is 0.416 e. The Kier molecular flexibility index (Phi) is 5.85. The van der Waals surface area contributed by atoms with Crippen LogP contribution in [-0.4, -0.2) is 40.2 Å². The van der Waals surface area contributed by atoms with Gasteiger partial charge in [0.15, 0.2) is 0 Å². The fraction of sp³-hybridized carbons (Fsp3) is 0.667. The van der Waals surface area contributed by atoms with E-state index in [-0.39, 0.29) is 18.4 Å². The molecule has 2 heterocycles. The quantitative estimate of drug-likeness (QED) is 0.831. The summed E-state index contributed by atoms with van der Waals surface area (Å²) in [6.07, 6.45) is -2.27. The molecule has 1 aromatic heterocycles. The summed E-state index contributed by atoms with van der Waals surface area (Å²) in [6, 6.07) is -0.670. The third-order valence-electron chi connectivity index (χ3n) is 4.54. The summed E-state index contributed by atoms with van der Waals surface area (Å²) in [5.41, 5.74) is -2.35. The fourth-order valence-corrected chi connectivity index (χ4v) is 3.07. The van der Waals surface area contributed by atoms with E-state index in [0.29, 0.717) is 12.6 Å². The second-order valence-electron chi connectivity index (χ2n) is 8.02. The number of aromatic nitrogens is 1. The van der Waals surface area contributed by atoms with Gasteiger partial charge in [-0.25, -0.2) is 4.79 Å². The number of hydrogen-bond acceptors (Lipinski definition) is 3. The van der Waals surface area contributed by atoms with E-state index < -0.39 is 34.7 Å². The van der Waals surface area contributed by atoms with Crippen LogP contribution in [-0.2, 0) is 17.4 Å². The molecule has 1 N–H and O–H groups in total. The van der Waals surface area contributed by atoms with E-state index in [1.54, 1.807) is 0 Å². The van der Waals surface area contributed by atoms with E-state index in [2.05, 4.69) is 0 Å². The minimum Gasteiger partial charge on any atom is -0.480 e.